The van der Waals surface area contributed by atoms with E-state index < -0.39 is 0 Å². The Labute approximate surface area is 153 Å². The van der Waals surface area contributed by atoms with Crippen LogP contribution in [-0.2, 0) is 7.05 Å². The Morgan fingerprint density at radius 3 is 2.58 bits per heavy atom. The molecule has 0 aliphatic rings. The van der Waals surface area contributed by atoms with Gasteiger partial charge in [-0.25, -0.2) is 4.57 Å². The molecule has 0 aliphatic heterocycles. The second kappa shape index (κ2) is 6.00. The smallest absolute Gasteiger partial charge is 0.212 e. The average molecular weight is 341 g/mol. The van der Waals surface area contributed by atoms with Crippen LogP contribution in [0.3, 0.4) is 0 Å². The Balaban J connectivity index is 2.07. The molecule has 0 saturated heterocycles. The number of nitrogens with zero attached hydrogens (tertiary/aromatic N) is 2. The number of hydrogen-bond acceptors (Lipinski definition) is 2. The fourth-order valence-electron chi connectivity index (χ4n) is 3.63. The Morgan fingerprint density at radius 1 is 1.08 bits per heavy atom. The normalized spacial score (nSPS) is 11.4. The second-order valence-electron chi connectivity index (χ2n) is 7.17. The van der Waals surface area contributed by atoms with Crippen LogP contribution in [0.5, 0.6) is 0 Å². The van der Waals surface area contributed by atoms with Gasteiger partial charge < -0.3 is 4.42 Å². The average Bonchev–Trinajstić information content (AvgIpc) is 2.98. The number of hydrogen-bond donors (Lipinski definition) is 0. The van der Waals surface area contributed by atoms with Crippen LogP contribution >= 0.6 is 0 Å². The minimum Gasteiger partial charge on any atom is -0.456 e. The summed E-state index contributed by atoms with van der Waals surface area (Å²) in [5.74, 6) is 0.291. The van der Waals surface area contributed by atoms with E-state index in [0.717, 1.165) is 38.8 Å². The predicted octanol–water partition coefficient (Wildman–Crippen LogP) is 5.38. The van der Waals surface area contributed by atoms with E-state index in [1.54, 1.807) is 0 Å². The summed E-state index contributed by atoms with van der Waals surface area (Å²) in [7, 11) is 2.05. The summed E-state index contributed by atoms with van der Waals surface area (Å²) in [5.41, 5.74) is 7.01. The molecule has 2 heterocycles. The molecule has 0 unspecified atom stereocenters. The fraction of sp³-hybridized carbons (Fsp3) is 0.217. The van der Waals surface area contributed by atoms with Crippen LogP contribution in [0.1, 0.15) is 36.5 Å². The van der Waals surface area contributed by atoms with Crippen LogP contribution in [0, 0.1) is 18.3 Å². The summed E-state index contributed by atoms with van der Waals surface area (Å²) in [6.07, 6.45) is 2.05. The Morgan fingerprint density at radius 2 is 1.88 bits per heavy atom. The van der Waals surface area contributed by atoms with Gasteiger partial charge >= 0.3 is 0 Å². The van der Waals surface area contributed by atoms with Gasteiger partial charge in [0.2, 0.25) is 5.69 Å². The quantitative estimate of drug-likeness (QED) is 0.459. The van der Waals surface area contributed by atoms with Gasteiger partial charge in [0, 0.05) is 22.9 Å². The highest BCUT2D eigenvalue weighted by molar-refractivity contribution is 6.07. The first kappa shape index (κ1) is 16.4. The molecule has 3 heteroatoms. The minimum absolute atomic E-state index is 0.291. The van der Waals surface area contributed by atoms with Crippen molar-refractivity contribution in [1.29, 1.82) is 5.26 Å². The number of nitriles is 1. The van der Waals surface area contributed by atoms with Gasteiger partial charge in [-0.1, -0.05) is 13.8 Å². The van der Waals surface area contributed by atoms with Crippen molar-refractivity contribution in [2.75, 3.05) is 0 Å². The zero-order chi connectivity index (χ0) is 18.4. The lowest BCUT2D eigenvalue weighted by atomic mass is 9.96. The minimum atomic E-state index is 0.291. The summed E-state index contributed by atoms with van der Waals surface area (Å²) in [6, 6.07) is 16.7. The summed E-state index contributed by atoms with van der Waals surface area (Å²) in [6.45, 7) is 6.38. The molecule has 0 amide bonds. The molecule has 4 aromatic rings. The number of aryl methyl sites for hydroxylation is 2. The second-order valence-corrected chi connectivity index (χ2v) is 7.17. The van der Waals surface area contributed by atoms with Gasteiger partial charge in [-0.3, -0.25) is 0 Å². The standard InChI is InChI=1S/C23H21N2O/c1-14(2)17-10-16(13-24)11-20-19-9-15(3)18(12-22(19)26-23(17)20)21-7-5-6-8-25(21)4/h5-12,14H,1-4H3/q+1. The first-order chi connectivity index (χ1) is 12.5. The summed E-state index contributed by atoms with van der Waals surface area (Å²) in [5, 5.41) is 11.5. The maximum atomic E-state index is 9.41. The van der Waals surface area contributed by atoms with Crippen molar-refractivity contribution in [3.05, 3.63) is 65.4 Å². The number of furan rings is 1. The lowest BCUT2D eigenvalue weighted by Crippen LogP contribution is -2.30. The van der Waals surface area contributed by atoms with Gasteiger partial charge in [-0.05, 0) is 54.3 Å². The zero-order valence-corrected chi connectivity index (χ0v) is 15.5. The summed E-state index contributed by atoms with van der Waals surface area (Å²) >= 11 is 0. The van der Waals surface area contributed by atoms with E-state index in [-0.39, 0.29) is 0 Å². The SMILES string of the molecule is Cc1cc2c(cc1-c1cccc[n+]1C)oc1c(C(C)C)cc(C#N)cc12. The molecule has 3 nitrogen and oxygen atoms in total. The van der Waals surface area contributed by atoms with E-state index in [4.69, 9.17) is 4.42 Å². The molecule has 0 N–H and O–H groups in total. The van der Waals surface area contributed by atoms with Gasteiger partial charge in [-0.15, -0.1) is 0 Å². The predicted molar refractivity (Wildman–Crippen MR) is 104 cm³/mol. The number of pyridine rings is 1. The highest BCUT2D eigenvalue weighted by Crippen LogP contribution is 2.37. The van der Waals surface area contributed by atoms with Crippen LogP contribution in [0.2, 0.25) is 0 Å². The van der Waals surface area contributed by atoms with E-state index in [2.05, 4.69) is 49.6 Å². The van der Waals surface area contributed by atoms with Crippen molar-refractivity contribution in [2.45, 2.75) is 26.7 Å². The maximum Gasteiger partial charge on any atom is 0.212 e. The van der Waals surface area contributed by atoms with Gasteiger partial charge in [0.15, 0.2) is 6.20 Å². The third-order valence-corrected chi connectivity index (χ3v) is 5.03. The van der Waals surface area contributed by atoms with Crippen LogP contribution in [0.25, 0.3) is 33.2 Å². The zero-order valence-electron chi connectivity index (χ0n) is 15.5. The van der Waals surface area contributed by atoms with Gasteiger partial charge in [0.25, 0.3) is 0 Å². The number of benzene rings is 2. The molecule has 128 valence electrons. The fourth-order valence-corrected chi connectivity index (χ4v) is 3.63. The molecule has 2 aromatic heterocycles. The van der Waals surface area contributed by atoms with E-state index >= 15 is 0 Å². The van der Waals surface area contributed by atoms with E-state index in [1.807, 2.05) is 37.5 Å². The molecule has 2 aromatic carbocycles. The third-order valence-electron chi connectivity index (χ3n) is 5.03. The van der Waals surface area contributed by atoms with Gasteiger partial charge in [-0.2, -0.15) is 5.26 Å². The van der Waals surface area contributed by atoms with E-state index in [1.165, 1.54) is 5.56 Å². The topological polar surface area (TPSA) is 40.8 Å². The molecular weight excluding hydrogens is 320 g/mol. The third kappa shape index (κ3) is 2.46. The molecule has 0 fully saturated rings. The van der Waals surface area contributed by atoms with Gasteiger partial charge in [0.1, 0.15) is 18.2 Å². The van der Waals surface area contributed by atoms with Crippen molar-refractivity contribution in [2.24, 2.45) is 7.05 Å². The molecule has 0 aliphatic carbocycles. The highest BCUT2D eigenvalue weighted by Gasteiger charge is 2.19. The Bertz CT molecular complexity index is 1190. The van der Waals surface area contributed by atoms with Crippen molar-refractivity contribution in [3.63, 3.8) is 0 Å². The van der Waals surface area contributed by atoms with E-state index in [0.29, 0.717) is 11.5 Å². The van der Waals surface area contributed by atoms with E-state index in [9.17, 15) is 5.26 Å². The Kier molecular flexibility index (Phi) is 3.77. The largest absolute Gasteiger partial charge is 0.456 e. The van der Waals surface area contributed by atoms with Crippen molar-refractivity contribution in [1.82, 2.24) is 0 Å². The molecule has 0 saturated carbocycles. The molecule has 0 bridgehead atoms. The molecule has 0 atom stereocenters. The van der Waals surface area contributed by atoms with Crippen molar-refractivity contribution in [3.8, 4) is 17.3 Å². The van der Waals surface area contributed by atoms with Crippen LogP contribution in [-0.4, -0.2) is 0 Å². The lowest BCUT2D eigenvalue weighted by molar-refractivity contribution is -0.660. The highest BCUT2D eigenvalue weighted by atomic mass is 16.3. The molecule has 0 radical (unpaired) electrons. The molecule has 0 spiro atoms. The monoisotopic (exact) mass is 341 g/mol. The lowest BCUT2D eigenvalue weighted by Gasteiger charge is -2.06. The van der Waals surface area contributed by atoms with Crippen molar-refractivity contribution >= 4 is 21.9 Å². The van der Waals surface area contributed by atoms with Gasteiger partial charge in [0.05, 0.1) is 17.2 Å². The number of rotatable bonds is 2. The Hall–Kier alpha value is -3.12. The molecule has 4 rings (SSSR count). The maximum absolute atomic E-state index is 9.41. The summed E-state index contributed by atoms with van der Waals surface area (Å²) < 4.78 is 8.40. The first-order valence-corrected chi connectivity index (χ1v) is 8.85. The molecular formula is C23H21N2O+. The number of fused-ring (bicyclic) bond motifs is 3. The summed E-state index contributed by atoms with van der Waals surface area (Å²) in [4.78, 5) is 0. The number of aromatic nitrogens is 1. The van der Waals surface area contributed by atoms with Crippen molar-refractivity contribution < 1.29 is 8.98 Å². The van der Waals surface area contributed by atoms with Crippen LogP contribution in [0.15, 0.2) is 53.1 Å². The van der Waals surface area contributed by atoms with Crippen LogP contribution < -0.4 is 4.57 Å². The van der Waals surface area contributed by atoms with Crippen LogP contribution in [0.4, 0.5) is 0 Å². The first-order valence-electron chi connectivity index (χ1n) is 8.85. The molecule has 26 heavy (non-hydrogen) atoms.